The maximum absolute atomic E-state index is 12.1. The standard InChI is InChI=1S/C15H23N3O5S/c1-23-13-7-11(8-16-9-13)15(10-5-12(19)6-10)18-14(20)3-4-17-24(2,21)22/h7-10,12,15,17,19H,3-6H2,1-2H3,(H,18,20). The highest BCUT2D eigenvalue weighted by Gasteiger charge is 2.35. The van der Waals surface area contributed by atoms with Gasteiger partial charge in [-0.05, 0) is 30.4 Å². The van der Waals surface area contributed by atoms with E-state index in [0.717, 1.165) is 11.8 Å². The van der Waals surface area contributed by atoms with Gasteiger partial charge in [0.25, 0.3) is 0 Å². The van der Waals surface area contributed by atoms with Crippen molar-refractivity contribution in [3.05, 3.63) is 24.0 Å². The minimum absolute atomic E-state index is 0.0379. The zero-order chi connectivity index (χ0) is 17.7. The van der Waals surface area contributed by atoms with Gasteiger partial charge in [-0.25, -0.2) is 13.1 Å². The quantitative estimate of drug-likeness (QED) is 0.601. The van der Waals surface area contributed by atoms with Crippen LogP contribution in [0.4, 0.5) is 0 Å². The molecular weight excluding hydrogens is 334 g/mol. The number of ether oxygens (including phenoxy) is 1. The molecule has 0 bridgehead atoms. The molecule has 2 rings (SSSR count). The Kier molecular flexibility index (Phi) is 6.14. The fourth-order valence-corrected chi connectivity index (χ4v) is 3.16. The lowest BCUT2D eigenvalue weighted by Crippen LogP contribution is -2.42. The van der Waals surface area contributed by atoms with E-state index in [1.165, 1.54) is 0 Å². The average molecular weight is 357 g/mol. The van der Waals surface area contributed by atoms with Crippen LogP contribution in [0.3, 0.4) is 0 Å². The Balaban J connectivity index is 2.02. The number of aromatic nitrogens is 1. The summed E-state index contributed by atoms with van der Waals surface area (Å²) in [4.78, 5) is 16.2. The number of sulfonamides is 1. The number of carbonyl (C=O) groups is 1. The van der Waals surface area contributed by atoms with Crippen molar-refractivity contribution >= 4 is 15.9 Å². The lowest BCUT2D eigenvalue weighted by molar-refractivity contribution is -0.122. The highest BCUT2D eigenvalue weighted by molar-refractivity contribution is 7.88. The summed E-state index contributed by atoms with van der Waals surface area (Å²) in [6.45, 7) is 0.0427. The summed E-state index contributed by atoms with van der Waals surface area (Å²) in [5, 5.41) is 12.5. The van der Waals surface area contributed by atoms with Gasteiger partial charge in [-0.3, -0.25) is 9.78 Å². The molecule has 134 valence electrons. The van der Waals surface area contributed by atoms with Crippen LogP contribution in [-0.2, 0) is 14.8 Å². The second kappa shape index (κ2) is 7.91. The fraction of sp³-hybridized carbons (Fsp3) is 0.600. The van der Waals surface area contributed by atoms with Crippen molar-refractivity contribution in [1.29, 1.82) is 0 Å². The molecule has 1 aromatic rings. The minimum atomic E-state index is -3.32. The molecule has 24 heavy (non-hydrogen) atoms. The topological polar surface area (TPSA) is 118 Å². The number of amides is 1. The molecule has 1 amide bonds. The first kappa shape index (κ1) is 18.6. The van der Waals surface area contributed by atoms with Crippen molar-refractivity contribution in [1.82, 2.24) is 15.0 Å². The normalized spacial score (nSPS) is 21.6. The molecule has 1 saturated carbocycles. The lowest BCUT2D eigenvalue weighted by Gasteiger charge is -2.38. The smallest absolute Gasteiger partial charge is 0.221 e. The lowest BCUT2D eigenvalue weighted by atomic mass is 9.75. The molecule has 1 aliphatic rings. The van der Waals surface area contributed by atoms with E-state index < -0.39 is 10.0 Å². The Morgan fingerprint density at radius 3 is 2.75 bits per heavy atom. The summed E-state index contributed by atoms with van der Waals surface area (Å²) in [5.74, 6) is 0.437. The van der Waals surface area contributed by atoms with Gasteiger partial charge in [0.2, 0.25) is 15.9 Å². The third kappa shape index (κ3) is 5.43. The first-order valence-corrected chi connectivity index (χ1v) is 9.58. The van der Waals surface area contributed by atoms with Crippen LogP contribution in [0, 0.1) is 5.92 Å². The molecule has 0 radical (unpaired) electrons. The van der Waals surface area contributed by atoms with Crippen LogP contribution in [0.25, 0.3) is 0 Å². The summed E-state index contributed by atoms with van der Waals surface area (Å²) >= 11 is 0. The summed E-state index contributed by atoms with van der Waals surface area (Å²) in [5.41, 5.74) is 0.802. The van der Waals surface area contributed by atoms with Crippen molar-refractivity contribution in [3.63, 3.8) is 0 Å². The van der Waals surface area contributed by atoms with Crippen molar-refractivity contribution in [2.75, 3.05) is 19.9 Å². The van der Waals surface area contributed by atoms with Crippen molar-refractivity contribution in [3.8, 4) is 5.75 Å². The average Bonchev–Trinajstić information content (AvgIpc) is 2.48. The Bertz CT molecular complexity index is 673. The van der Waals surface area contributed by atoms with Crippen molar-refractivity contribution in [2.24, 2.45) is 5.92 Å². The number of aliphatic hydroxyl groups is 1. The third-order valence-electron chi connectivity index (χ3n) is 3.98. The van der Waals surface area contributed by atoms with E-state index >= 15 is 0 Å². The van der Waals surface area contributed by atoms with Gasteiger partial charge in [0, 0.05) is 19.2 Å². The number of pyridine rings is 1. The van der Waals surface area contributed by atoms with E-state index in [4.69, 9.17) is 4.74 Å². The van der Waals surface area contributed by atoms with E-state index in [1.54, 1.807) is 25.6 Å². The Labute approximate surface area is 141 Å². The molecule has 0 spiro atoms. The number of hydrogen-bond acceptors (Lipinski definition) is 6. The third-order valence-corrected chi connectivity index (χ3v) is 4.71. The minimum Gasteiger partial charge on any atom is -0.495 e. The molecule has 0 saturated heterocycles. The highest BCUT2D eigenvalue weighted by Crippen LogP contribution is 2.38. The summed E-state index contributed by atoms with van der Waals surface area (Å²) in [7, 11) is -1.78. The van der Waals surface area contributed by atoms with Crippen LogP contribution in [-0.4, -0.2) is 50.4 Å². The molecule has 1 atom stereocenters. The van der Waals surface area contributed by atoms with Crippen molar-refractivity contribution < 1.29 is 23.1 Å². The molecule has 1 heterocycles. The summed E-state index contributed by atoms with van der Waals surface area (Å²) in [6.07, 6.45) is 5.18. The van der Waals surface area contributed by atoms with Gasteiger partial charge in [-0.15, -0.1) is 0 Å². The van der Waals surface area contributed by atoms with E-state index in [-0.39, 0.29) is 36.9 Å². The molecule has 1 unspecified atom stereocenters. The van der Waals surface area contributed by atoms with E-state index in [1.807, 2.05) is 0 Å². The predicted molar refractivity (Wildman–Crippen MR) is 87.9 cm³/mol. The van der Waals surface area contributed by atoms with Gasteiger partial charge >= 0.3 is 0 Å². The van der Waals surface area contributed by atoms with E-state index in [2.05, 4.69) is 15.0 Å². The number of carbonyl (C=O) groups excluding carboxylic acids is 1. The zero-order valence-corrected chi connectivity index (χ0v) is 14.5. The second-order valence-corrected chi connectivity index (χ2v) is 7.84. The van der Waals surface area contributed by atoms with Gasteiger partial charge in [-0.1, -0.05) is 0 Å². The Morgan fingerprint density at radius 1 is 1.46 bits per heavy atom. The Hall–Kier alpha value is -1.71. The van der Waals surface area contributed by atoms with E-state index in [9.17, 15) is 18.3 Å². The van der Waals surface area contributed by atoms with E-state index in [0.29, 0.717) is 18.6 Å². The zero-order valence-electron chi connectivity index (χ0n) is 13.7. The summed E-state index contributed by atoms with van der Waals surface area (Å²) in [6, 6.07) is 1.51. The number of aliphatic hydroxyl groups excluding tert-OH is 1. The number of nitrogens with one attached hydrogen (secondary N) is 2. The molecule has 1 aliphatic carbocycles. The number of hydrogen-bond donors (Lipinski definition) is 3. The Morgan fingerprint density at radius 2 is 2.17 bits per heavy atom. The molecule has 3 N–H and O–H groups in total. The monoisotopic (exact) mass is 357 g/mol. The SMILES string of the molecule is COc1cncc(C(NC(=O)CCNS(C)(=O)=O)C2CC(O)C2)c1. The van der Waals surface area contributed by atoms with Crippen LogP contribution in [0.15, 0.2) is 18.5 Å². The maximum Gasteiger partial charge on any atom is 0.221 e. The van der Waals surface area contributed by atoms with Crippen LogP contribution in [0.2, 0.25) is 0 Å². The molecule has 1 fully saturated rings. The number of rotatable bonds is 8. The van der Waals surface area contributed by atoms with Gasteiger partial charge in [0.05, 0.1) is 31.7 Å². The van der Waals surface area contributed by atoms with Crippen LogP contribution >= 0.6 is 0 Å². The van der Waals surface area contributed by atoms with Gasteiger partial charge in [0.1, 0.15) is 5.75 Å². The van der Waals surface area contributed by atoms with Crippen LogP contribution < -0.4 is 14.8 Å². The molecule has 0 aliphatic heterocycles. The summed E-state index contributed by atoms with van der Waals surface area (Å²) < 4.78 is 29.5. The van der Waals surface area contributed by atoms with Crippen molar-refractivity contribution in [2.45, 2.75) is 31.4 Å². The molecule has 8 nitrogen and oxygen atoms in total. The van der Waals surface area contributed by atoms with Crippen LogP contribution in [0.5, 0.6) is 5.75 Å². The first-order chi connectivity index (χ1) is 11.3. The van der Waals surface area contributed by atoms with Gasteiger partial charge < -0.3 is 15.2 Å². The maximum atomic E-state index is 12.1. The van der Waals surface area contributed by atoms with Crippen LogP contribution in [0.1, 0.15) is 30.9 Å². The largest absolute Gasteiger partial charge is 0.495 e. The fourth-order valence-electron chi connectivity index (χ4n) is 2.69. The number of nitrogens with zero attached hydrogens (tertiary/aromatic N) is 1. The molecular formula is C15H23N3O5S. The molecule has 9 heteroatoms. The predicted octanol–water partition coefficient (Wildman–Crippen LogP) is -0.0423. The second-order valence-electron chi connectivity index (χ2n) is 6.01. The van der Waals surface area contributed by atoms with Gasteiger partial charge in [0.15, 0.2) is 0 Å². The highest BCUT2D eigenvalue weighted by atomic mass is 32.2. The first-order valence-electron chi connectivity index (χ1n) is 7.69. The molecule has 1 aromatic heterocycles. The number of methoxy groups -OCH3 is 1. The molecule has 0 aromatic carbocycles. The van der Waals surface area contributed by atoms with Gasteiger partial charge in [-0.2, -0.15) is 0 Å².